The fourth-order valence-corrected chi connectivity index (χ4v) is 3.20. The van der Waals surface area contributed by atoms with Gasteiger partial charge in [0.25, 0.3) is 0 Å². The Kier molecular flexibility index (Phi) is 4.63. The topological polar surface area (TPSA) is 52.8 Å². The molecule has 6 heteroatoms. The highest BCUT2D eigenvalue weighted by atomic mass is 28.4. The van der Waals surface area contributed by atoms with Crippen LogP contribution >= 0.6 is 0 Å². The van der Waals surface area contributed by atoms with Crippen LogP contribution in [0.1, 0.15) is 42.4 Å². The van der Waals surface area contributed by atoms with Crippen molar-refractivity contribution in [3.63, 3.8) is 0 Å². The Balaban J connectivity index is 2.54. The Morgan fingerprint density at radius 3 is 2.46 bits per heavy atom. The van der Waals surface area contributed by atoms with Crippen molar-refractivity contribution < 1.29 is 14.0 Å². The van der Waals surface area contributed by atoms with Crippen molar-refractivity contribution in [2.45, 2.75) is 45.8 Å². The summed E-state index contributed by atoms with van der Waals surface area (Å²) in [5.41, 5.74) is 2.75. The maximum absolute atomic E-state index is 12.0. The largest absolute Gasteiger partial charge is 0.543 e. The van der Waals surface area contributed by atoms with E-state index >= 15 is 0 Å². The quantitative estimate of drug-likeness (QED) is 0.467. The minimum absolute atomic E-state index is 0.0531. The summed E-state index contributed by atoms with van der Waals surface area (Å²) in [7, 11) is -0.670. The van der Waals surface area contributed by atoms with E-state index in [-0.39, 0.29) is 5.04 Å². The number of methoxy groups -OCH3 is 1. The van der Waals surface area contributed by atoms with Crippen LogP contribution in [0.15, 0.2) is 25.0 Å². The van der Waals surface area contributed by atoms with Gasteiger partial charge in [0.1, 0.15) is 11.4 Å². The monoisotopic (exact) mass is 346 g/mol. The van der Waals surface area contributed by atoms with E-state index in [1.165, 1.54) is 7.11 Å². The van der Waals surface area contributed by atoms with E-state index in [0.29, 0.717) is 11.3 Å². The molecule has 0 aliphatic rings. The third kappa shape index (κ3) is 3.38. The predicted octanol–water partition coefficient (Wildman–Crippen LogP) is 4.42. The summed E-state index contributed by atoms with van der Waals surface area (Å²) >= 11 is 0. The summed E-state index contributed by atoms with van der Waals surface area (Å²) in [5.74, 6) is 0.146. The van der Waals surface area contributed by atoms with E-state index in [0.717, 1.165) is 16.9 Å². The number of ether oxygens (including phenoxy) is 1. The van der Waals surface area contributed by atoms with Gasteiger partial charge in [-0.05, 0) is 31.1 Å². The van der Waals surface area contributed by atoms with Gasteiger partial charge >= 0.3 is 5.97 Å². The summed E-state index contributed by atoms with van der Waals surface area (Å²) in [4.78, 5) is 16.5. The number of carbonyl (C=O) groups is 1. The highest BCUT2D eigenvalue weighted by Gasteiger charge is 2.39. The van der Waals surface area contributed by atoms with Crippen LogP contribution in [0, 0.1) is 6.92 Å². The highest BCUT2D eigenvalue weighted by molar-refractivity contribution is 6.74. The molecule has 2 rings (SSSR count). The van der Waals surface area contributed by atoms with Crippen LogP contribution in [0.2, 0.25) is 18.1 Å². The van der Waals surface area contributed by atoms with Gasteiger partial charge in [-0.3, -0.25) is 0 Å². The van der Waals surface area contributed by atoms with Gasteiger partial charge in [-0.1, -0.05) is 27.4 Å². The number of aryl methyl sites for hydroxylation is 1. The molecular formula is C18H26N2O3Si. The molecular weight excluding hydrogens is 320 g/mol. The van der Waals surface area contributed by atoms with Crippen molar-refractivity contribution >= 4 is 25.7 Å². The van der Waals surface area contributed by atoms with Gasteiger partial charge in [0.05, 0.1) is 23.9 Å². The number of aromatic nitrogens is 2. The lowest BCUT2D eigenvalue weighted by Gasteiger charge is -2.37. The molecule has 0 aromatic carbocycles. The molecule has 2 aromatic heterocycles. The Hall–Kier alpha value is -2.08. The number of nitrogens with zero attached hydrogens (tertiary/aromatic N) is 2. The molecule has 2 aromatic rings. The van der Waals surface area contributed by atoms with Crippen molar-refractivity contribution in [1.29, 1.82) is 0 Å². The molecule has 0 amide bonds. The van der Waals surface area contributed by atoms with Crippen molar-refractivity contribution in [1.82, 2.24) is 9.38 Å². The lowest BCUT2D eigenvalue weighted by molar-refractivity contribution is 0.0600. The van der Waals surface area contributed by atoms with Crippen LogP contribution in [0.4, 0.5) is 0 Å². The van der Waals surface area contributed by atoms with E-state index < -0.39 is 14.3 Å². The molecule has 0 spiro atoms. The van der Waals surface area contributed by atoms with Crippen molar-refractivity contribution in [3.05, 3.63) is 41.9 Å². The normalized spacial score (nSPS) is 12.3. The average molecular weight is 347 g/mol. The summed E-state index contributed by atoms with van der Waals surface area (Å²) in [6.45, 7) is 16.9. The number of rotatable bonds is 4. The first-order chi connectivity index (χ1) is 11.0. The van der Waals surface area contributed by atoms with Gasteiger partial charge < -0.3 is 13.6 Å². The smallest absolute Gasteiger partial charge is 0.339 e. The lowest BCUT2D eigenvalue weighted by atomic mass is 10.1. The Morgan fingerprint density at radius 2 is 1.92 bits per heavy atom. The SMILES string of the molecule is C=C(O[Si](C)(C)C(C)(C)C)c1cc(C(=O)OC)cn2cc(C)nc12. The van der Waals surface area contributed by atoms with E-state index in [1.807, 2.05) is 17.5 Å². The third-order valence-electron chi connectivity index (χ3n) is 4.58. The molecule has 0 saturated carbocycles. The molecule has 2 heterocycles. The fraction of sp³-hybridized carbons (Fsp3) is 0.444. The zero-order valence-corrected chi connectivity index (χ0v) is 16.6. The van der Waals surface area contributed by atoms with Gasteiger partial charge in [-0.25, -0.2) is 9.78 Å². The number of imidazole rings is 1. The second-order valence-corrected chi connectivity index (χ2v) is 12.3. The summed E-state index contributed by atoms with van der Waals surface area (Å²) in [5, 5.41) is 0.0531. The van der Waals surface area contributed by atoms with Crippen molar-refractivity contribution in [3.8, 4) is 0 Å². The van der Waals surface area contributed by atoms with E-state index in [2.05, 4.69) is 45.4 Å². The van der Waals surface area contributed by atoms with Crippen LogP contribution in [0.3, 0.4) is 0 Å². The van der Waals surface area contributed by atoms with Crippen molar-refractivity contribution in [2.24, 2.45) is 0 Å². The first-order valence-electron chi connectivity index (χ1n) is 7.92. The van der Waals surface area contributed by atoms with Crippen LogP contribution < -0.4 is 0 Å². The van der Waals surface area contributed by atoms with Crippen molar-refractivity contribution in [2.75, 3.05) is 7.11 Å². The van der Waals surface area contributed by atoms with Gasteiger partial charge in [-0.15, -0.1) is 0 Å². The number of esters is 1. The first-order valence-corrected chi connectivity index (χ1v) is 10.8. The van der Waals surface area contributed by atoms with Gasteiger partial charge in [-0.2, -0.15) is 0 Å². The average Bonchev–Trinajstić information content (AvgIpc) is 2.83. The van der Waals surface area contributed by atoms with Crippen LogP contribution in [-0.4, -0.2) is 30.8 Å². The maximum atomic E-state index is 12.0. The highest BCUT2D eigenvalue weighted by Crippen LogP contribution is 2.39. The molecule has 0 fully saturated rings. The molecule has 0 saturated heterocycles. The molecule has 24 heavy (non-hydrogen) atoms. The van der Waals surface area contributed by atoms with Gasteiger partial charge in [0.2, 0.25) is 8.32 Å². The van der Waals surface area contributed by atoms with Gasteiger partial charge in [0, 0.05) is 12.4 Å². The molecule has 0 N–H and O–H groups in total. The molecule has 0 atom stereocenters. The lowest BCUT2D eigenvalue weighted by Crippen LogP contribution is -2.40. The number of hydrogen-bond acceptors (Lipinski definition) is 4. The standard InChI is InChI=1S/C18H26N2O3Si/c1-12-10-20-11-14(17(21)22-6)9-15(16(20)19-12)13(2)23-24(7,8)18(3,4)5/h9-11H,2H2,1,3-8H3. The molecule has 130 valence electrons. The molecule has 0 aliphatic heterocycles. The third-order valence-corrected chi connectivity index (χ3v) is 8.95. The number of carbonyl (C=O) groups excluding carboxylic acids is 1. The van der Waals surface area contributed by atoms with Gasteiger partial charge in [0.15, 0.2) is 0 Å². The molecule has 5 nitrogen and oxygen atoms in total. The van der Waals surface area contributed by atoms with Crippen LogP contribution in [-0.2, 0) is 9.16 Å². The first kappa shape index (κ1) is 18.3. The minimum atomic E-state index is -2.04. The maximum Gasteiger partial charge on any atom is 0.339 e. The number of hydrogen-bond donors (Lipinski definition) is 0. The molecule has 0 aliphatic carbocycles. The molecule has 0 unspecified atom stereocenters. The number of pyridine rings is 1. The minimum Gasteiger partial charge on any atom is -0.543 e. The van der Waals surface area contributed by atoms with Crippen LogP contribution in [0.5, 0.6) is 0 Å². The van der Waals surface area contributed by atoms with E-state index in [4.69, 9.17) is 9.16 Å². The summed E-state index contributed by atoms with van der Waals surface area (Å²) < 4.78 is 13.0. The van der Waals surface area contributed by atoms with E-state index in [9.17, 15) is 4.79 Å². The second kappa shape index (κ2) is 6.09. The molecule has 0 bridgehead atoms. The predicted molar refractivity (Wildman–Crippen MR) is 98.6 cm³/mol. The zero-order chi connectivity index (χ0) is 18.3. The Labute approximate surface area is 144 Å². The van der Waals surface area contributed by atoms with E-state index in [1.54, 1.807) is 12.3 Å². The Bertz CT molecular complexity index is 800. The zero-order valence-electron chi connectivity index (χ0n) is 15.6. The molecule has 0 radical (unpaired) electrons. The fourth-order valence-electron chi connectivity index (χ4n) is 2.17. The Morgan fingerprint density at radius 1 is 1.29 bits per heavy atom. The second-order valence-electron chi connectivity index (χ2n) is 7.53. The summed E-state index contributed by atoms with van der Waals surface area (Å²) in [6, 6.07) is 1.74. The number of fused-ring (bicyclic) bond motifs is 1. The summed E-state index contributed by atoms with van der Waals surface area (Å²) in [6.07, 6.45) is 3.58. The van der Waals surface area contributed by atoms with Crippen LogP contribution in [0.25, 0.3) is 11.4 Å².